The predicted molar refractivity (Wildman–Crippen MR) is 162 cm³/mol. The van der Waals surface area contributed by atoms with Crippen LogP contribution in [0.15, 0.2) is 112 Å². The summed E-state index contributed by atoms with van der Waals surface area (Å²) in [5.41, 5.74) is 0.617. The van der Waals surface area contributed by atoms with Crippen LogP contribution in [0.5, 0.6) is 5.75 Å². The summed E-state index contributed by atoms with van der Waals surface area (Å²) in [5.74, 6) is 0.434. The summed E-state index contributed by atoms with van der Waals surface area (Å²) in [7, 11) is -0.191. The number of carbonyl (C=O) groups is 1. The van der Waals surface area contributed by atoms with Gasteiger partial charge in [-0.3, -0.25) is 0 Å². The Bertz CT molecular complexity index is 1210. The molecule has 4 rings (SSSR count). The third-order valence-electron chi connectivity index (χ3n) is 4.85. The van der Waals surface area contributed by atoms with Gasteiger partial charge in [-0.05, 0) is 128 Å². The zero-order chi connectivity index (χ0) is 23.9. The molecule has 0 atom stereocenters. The van der Waals surface area contributed by atoms with Crippen molar-refractivity contribution in [1.29, 1.82) is 0 Å². The topological polar surface area (TPSA) is 35.5 Å². The molecule has 172 valence electrons. The average molecular weight is 805 g/mol. The van der Waals surface area contributed by atoms with Crippen LogP contribution in [0, 0.1) is 10.7 Å². The van der Waals surface area contributed by atoms with E-state index in [1.165, 1.54) is 14.7 Å². The summed E-state index contributed by atoms with van der Waals surface area (Å²) in [6, 6.07) is 33.2. The van der Waals surface area contributed by atoms with E-state index >= 15 is 0 Å². The zero-order valence-corrected chi connectivity index (χ0v) is 25.2. The average Bonchev–Trinajstić information content (AvgIpc) is 2.87. The van der Waals surface area contributed by atoms with Crippen molar-refractivity contribution in [2.75, 3.05) is 13.2 Å². The standard InChI is InChI=1S/C27H20I3O3S/c28-23-15-16-24(29)26(30)25(23)27(31)33-18-17-32-19-11-13-22(14-12-19)34(20-7-3-1-4-8-20)21-9-5-2-6-10-21/h1-16H,17-18H2/q+1. The monoisotopic (exact) mass is 805 g/mol. The fourth-order valence-electron chi connectivity index (χ4n) is 3.27. The fraction of sp³-hybridized carbons (Fsp3) is 0.0741. The summed E-state index contributed by atoms with van der Waals surface area (Å²) in [5, 5.41) is 0. The van der Waals surface area contributed by atoms with E-state index in [0.29, 0.717) is 12.2 Å². The molecule has 4 aromatic carbocycles. The van der Waals surface area contributed by atoms with Crippen LogP contribution < -0.4 is 4.74 Å². The maximum Gasteiger partial charge on any atom is 0.340 e. The SMILES string of the molecule is O=C(OCCOc1ccc([S+](c2ccccc2)c2ccccc2)cc1)c1c(I)ccc(I)c1I. The van der Waals surface area contributed by atoms with Crippen LogP contribution in [0.2, 0.25) is 0 Å². The van der Waals surface area contributed by atoms with Gasteiger partial charge in [-0.25, -0.2) is 4.79 Å². The molecular weight excluding hydrogens is 785 g/mol. The Hall–Kier alpha value is -1.31. The van der Waals surface area contributed by atoms with E-state index in [1.807, 2.05) is 36.4 Å². The number of hydrogen-bond acceptors (Lipinski definition) is 3. The van der Waals surface area contributed by atoms with Gasteiger partial charge in [-0.15, -0.1) is 0 Å². The minimum Gasteiger partial charge on any atom is -0.490 e. The van der Waals surface area contributed by atoms with E-state index in [-0.39, 0.29) is 23.5 Å². The van der Waals surface area contributed by atoms with E-state index in [4.69, 9.17) is 9.47 Å². The predicted octanol–water partition coefficient (Wildman–Crippen LogP) is 7.83. The second kappa shape index (κ2) is 12.6. The lowest BCUT2D eigenvalue weighted by molar-refractivity contribution is 0.0448. The van der Waals surface area contributed by atoms with Gasteiger partial charge in [0.05, 0.1) is 16.5 Å². The highest BCUT2D eigenvalue weighted by Gasteiger charge is 2.28. The van der Waals surface area contributed by atoms with Gasteiger partial charge in [-0.2, -0.15) is 0 Å². The van der Waals surface area contributed by atoms with Crippen molar-refractivity contribution in [3.63, 3.8) is 0 Å². The van der Waals surface area contributed by atoms with Crippen LogP contribution in [0.1, 0.15) is 10.4 Å². The molecule has 0 heterocycles. The number of carbonyl (C=O) groups excluding carboxylic acids is 1. The molecule has 0 unspecified atom stereocenters. The Morgan fingerprint density at radius 3 is 1.76 bits per heavy atom. The molecule has 0 fully saturated rings. The van der Waals surface area contributed by atoms with Gasteiger partial charge in [0, 0.05) is 10.7 Å². The molecule has 0 aromatic heterocycles. The minimum atomic E-state index is -0.318. The number of benzene rings is 4. The normalized spacial score (nSPS) is 10.8. The molecule has 0 saturated carbocycles. The highest BCUT2D eigenvalue weighted by molar-refractivity contribution is 14.1. The summed E-state index contributed by atoms with van der Waals surface area (Å²) in [6.07, 6.45) is 0. The summed E-state index contributed by atoms with van der Waals surface area (Å²) in [4.78, 5) is 16.3. The first-order valence-corrected chi connectivity index (χ1v) is 14.9. The molecule has 0 radical (unpaired) electrons. The largest absolute Gasteiger partial charge is 0.490 e. The maximum absolute atomic E-state index is 12.5. The first-order chi connectivity index (χ1) is 16.5. The molecule has 34 heavy (non-hydrogen) atoms. The molecule has 0 N–H and O–H groups in total. The first-order valence-electron chi connectivity index (χ1n) is 10.4. The van der Waals surface area contributed by atoms with E-state index in [2.05, 4.69) is 128 Å². The lowest BCUT2D eigenvalue weighted by Crippen LogP contribution is -2.15. The summed E-state index contributed by atoms with van der Waals surface area (Å²) < 4.78 is 14.1. The van der Waals surface area contributed by atoms with Gasteiger partial charge in [0.2, 0.25) is 0 Å². The second-order valence-corrected chi connectivity index (χ2v) is 12.5. The van der Waals surface area contributed by atoms with E-state index in [9.17, 15) is 4.79 Å². The van der Waals surface area contributed by atoms with E-state index in [1.54, 1.807) is 0 Å². The van der Waals surface area contributed by atoms with Crippen LogP contribution in [-0.4, -0.2) is 19.2 Å². The molecule has 0 spiro atoms. The van der Waals surface area contributed by atoms with Crippen LogP contribution in [0.25, 0.3) is 0 Å². The van der Waals surface area contributed by atoms with Crippen molar-refractivity contribution in [1.82, 2.24) is 0 Å². The van der Waals surface area contributed by atoms with Crippen molar-refractivity contribution in [3.05, 3.63) is 113 Å². The lowest BCUT2D eigenvalue weighted by Gasteiger charge is -2.11. The Balaban J connectivity index is 1.39. The van der Waals surface area contributed by atoms with Gasteiger partial charge in [0.15, 0.2) is 14.7 Å². The summed E-state index contributed by atoms with van der Waals surface area (Å²) in [6.45, 7) is 0.488. The molecule has 7 heteroatoms. The molecular formula is C27H20I3O3S+. The van der Waals surface area contributed by atoms with Gasteiger partial charge in [0.25, 0.3) is 0 Å². The molecule has 0 aliphatic carbocycles. The van der Waals surface area contributed by atoms with Gasteiger partial charge < -0.3 is 9.47 Å². The Morgan fingerprint density at radius 2 is 1.18 bits per heavy atom. The quantitative estimate of drug-likeness (QED) is 0.0600. The Morgan fingerprint density at radius 1 is 0.647 bits per heavy atom. The number of esters is 1. The highest BCUT2D eigenvalue weighted by Crippen LogP contribution is 2.32. The van der Waals surface area contributed by atoms with E-state index < -0.39 is 0 Å². The maximum atomic E-state index is 12.5. The van der Waals surface area contributed by atoms with Crippen LogP contribution in [0.3, 0.4) is 0 Å². The molecule has 0 bridgehead atoms. The van der Waals surface area contributed by atoms with Crippen LogP contribution in [-0.2, 0) is 15.6 Å². The van der Waals surface area contributed by atoms with Gasteiger partial charge in [0.1, 0.15) is 19.0 Å². The fourth-order valence-corrected chi connectivity index (χ4v) is 7.68. The third kappa shape index (κ3) is 6.46. The number of halogens is 3. The van der Waals surface area contributed by atoms with Crippen molar-refractivity contribution in [2.45, 2.75) is 14.7 Å². The Labute approximate surface area is 243 Å². The smallest absolute Gasteiger partial charge is 0.340 e. The van der Waals surface area contributed by atoms with Crippen molar-refractivity contribution in [2.24, 2.45) is 0 Å². The third-order valence-corrected chi connectivity index (χ3v) is 11.0. The van der Waals surface area contributed by atoms with Crippen molar-refractivity contribution in [3.8, 4) is 5.75 Å². The Kier molecular flexibility index (Phi) is 9.54. The number of rotatable bonds is 8. The van der Waals surface area contributed by atoms with Gasteiger partial charge in [-0.1, -0.05) is 36.4 Å². The van der Waals surface area contributed by atoms with Gasteiger partial charge >= 0.3 is 5.97 Å². The molecule has 0 amide bonds. The minimum absolute atomic E-state index is 0.191. The molecule has 0 aliphatic heterocycles. The molecule has 4 aromatic rings. The van der Waals surface area contributed by atoms with Crippen molar-refractivity contribution >= 4 is 84.6 Å². The molecule has 0 aliphatic rings. The lowest BCUT2D eigenvalue weighted by atomic mass is 10.2. The zero-order valence-electron chi connectivity index (χ0n) is 17.9. The number of ether oxygens (including phenoxy) is 2. The van der Waals surface area contributed by atoms with Crippen molar-refractivity contribution < 1.29 is 14.3 Å². The van der Waals surface area contributed by atoms with E-state index in [0.717, 1.165) is 16.5 Å². The van der Waals surface area contributed by atoms with Crippen LogP contribution >= 0.6 is 67.8 Å². The number of hydrogen-bond donors (Lipinski definition) is 0. The summed E-state index contributed by atoms with van der Waals surface area (Å²) >= 11 is 6.58. The molecule has 3 nitrogen and oxygen atoms in total. The second-order valence-electron chi connectivity index (χ2n) is 7.11. The first kappa shape index (κ1) is 25.8. The molecule has 0 saturated heterocycles. The van der Waals surface area contributed by atoms with Crippen LogP contribution in [0.4, 0.5) is 0 Å². The highest BCUT2D eigenvalue weighted by atomic mass is 127.